The molecule has 2 aliphatic carbocycles. The summed E-state index contributed by atoms with van der Waals surface area (Å²) in [5, 5.41) is 8.27. The average Bonchev–Trinajstić information content (AvgIpc) is 2.97. The summed E-state index contributed by atoms with van der Waals surface area (Å²) >= 11 is 6.25. The number of nitrogens with two attached hydrogens (primary N) is 1. The van der Waals surface area contributed by atoms with Crippen molar-refractivity contribution in [3.05, 3.63) is 86.9 Å². The van der Waals surface area contributed by atoms with Crippen LogP contribution in [0, 0.1) is 0 Å². The van der Waals surface area contributed by atoms with Gasteiger partial charge in [0.15, 0.2) is 11.6 Å². The van der Waals surface area contributed by atoms with Crippen molar-refractivity contribution in [2.75, 3.05) is 5.32 Å². The van der Waals surface area contributed by atoms with Gasteiger partial charge < -0.3 is 5.32 Å². The van der Waals surface area contributed by atoms with Crippen molar-refractivity contribution in [3.63, 3.8) is 0 Å². The number of nitrogens with one attached hydrogen (secondary N) is 2. The molecule has 246 valence electrons. The molecule has 0 saturated carbocycles. The van der Waals surface area contributed by atoms with Crippen LogP contribution in [-0.4, -0.2) is 34.4 Å². The monoisotopic (exact) mass is 687 g/mol. The standard InChI is InChI=1S/C23H27ClN2O4S.C10H11NO3S/c1-13(2)18-10-16(24)11-19(14(3)4)22(18)25-23(28)26-31(29,30)17-9-8-15-6-5-7-21(27)20(15)12-17;11-15(13,14)8-5-4-7-2-1-3-10(12)9(7)6-8/h8-14H,5-7H2,1-4H3,(H2,25,26,28);4-6H,1-3H2,(H2,11,13,14). The van der Waals surface area contributed by atoms with E-state index < -0.39 is 26.1 Å². The summed E-state index contributed by atoms with van der Waals surface area (Å²) in [6, 6.07) is 11.6. The lowest BCUT2D eigenvalue weighted by Gasteiger charge is -2.21. The Kier molecular flexibility index (Phi) is 10.8. The number of fused-ring (bicyclic) bond motifs is 2. The number of carbonyl (C=O) groups is 3. The minimum absolute atomic E-state index is 0.00162. The van der Waals surface area contributed by atoms with Crippen LogP contribution in [0.4, 0.5) is 10.5 Å². The molecule has 0 heterocycles. The number of carbonyl (C=O) groups excluding carboxylic acids is 3. The maximum atomic E-state index is 12.8. The molecule has 5 rings (SSSR count). The van der Waals surface area contributed by atoms with Crippen LogP contribution in [0.2, 0.25) is 5.02 Å². The Hall–Kier alpha value is -3.58. The minimum Gasteiger partial charge on any atom is -0.307 e. The van der Waals surface area contributed by atoms with Gasteiger partial charge in [-0.25, -0.2) is 31.5 Å². The summed E-state index contributed by atoms with van der Waals surface area (Å²) in [5.74, 6) is 0.0540. The number of ketones is 2. The quantitative estimate of drug-likeness (QED) is 0.267. The van der Waals surface area contributed by atoms with Gasteiger partial charge in [-0.2, -0.15) is 0 Å². The van der Waals surface area contributed by atoms with Crippen LogP contribution in [0.5, 0.6) is 0 Å². The Morgan fingerprint density at radius 3 is 1.65 bits per heavy atom. The topological polar surface area (TPSA) is 170 Å². The van der Waals surface area contributed by atoms with Gasteiger partial charge in [0.05, 0.1) is 9.79 Å². The fourth-order valence-corrected chi connectivity index (χ4v) is 7.29. The Morgan fingerprint density at radius 2 is 1.20 bits per heavy atom. The van der Waals surface area contributed by atoms with Crippen LogP contribution in [0.25, 0.3) is 0 Å². The zero-order valence-corrected chi connectivity index (χ0v) is 28.5. The number of sulfonamides is 2. The lowest BCUT2D eigenvalue weighted by atomic mass is 9.91. The zero-order valence-electron chi connectivity index (χ0n) is 26.1. The molecule has 3 aromatic carbocycles. The molecule has 0 radical (unpaired) electrons. The summed E-state index contributed by atoms with van der Waals surface area (Å²) in [7, 11) is -7.86. The SMILES string of the molecule is CC(C)c1cc(Cl)cc(C(C)C)c1NC(=O)NS(=O)(=O)c1ccc2c(c1)C(=O)CCC2.NS(=O)(=O)c1ccc2c(c1)C(=O)CCC2. The van der Waals surface area contributed by atoms with Crippen molar-refractivity contribution in [3.8, 4) is 0 Å². The van der Waals surface area contributed by atoms with Crippen LogP contribution >= 0.6 is 11.6 Å². The number of halogens is 1. The Labute approximate surface area is 275 Å². The van der Waals surface area contributed by atoms with Gasteiger partial charge in [0.25, 0.3) is 10.0 Å². The number of benzene rings is 3. The fourth-order valence-electron chi connectivity index (χ4n) is 5.58. The highest BCUT2D eigenvalue weighted by atomic mass is 35.5. The van der Waals surface area contributed by atoms with E-state index in [1.54, 1.807) is 24.3 Å². The van der Waals surface area contributed by atoms with Gasteiger partial charge in [0.1, 0.15) is 0 Å². The average molecular weight is 688 g/mol. The number of hydrogen-bond acceptors (Lipinski definition) is 7. The van der Waals surface area contributed by atoms with Gasteiger partial charge in [0.2, 0.25) is 10.0 Å². The van der Waals surface area contributed by atoms with E-state index in [2.05, 4.69) is 10.0 Å². The first-order valence-corrected chi connectivity index (χ1v) is 18.4. The fraction of sp³-hybridized carbons (Fsp3) is 0.364. The molecule has 0 atom stereocenters. The molecule has 46 heavy (non-hydrogen) atoms. The van der Waals surface area contributed by atoms with Crippen LogP contribution in [0.15, 0.2) is 58.3 Å². The molecule has 2 amide bonds. The van der Waals surface area contributed by atoms with Crippen molar-refractivity contribution in [1.29, 1.82) is 0 Å². The molecule has 0 aromatic heterocycles. The number of primary sulfonamides is 1. The number of Topliss-reactive ketones (excluding diaryl/α,β-unsaturated/α-hetero) is 2. The normalized spacial score (nSPS) is 14.7. The first-order chi connectivity index (χ1) is 21.5. The van der Waals surface area contributed by atoms with E-state index in [1.165, 1.54) is 24.3 Å². The van der Waals surface area contributed by atoms with Crippen molar-refractivity contribution < 1.29 is 31.2 Å². The second-order valence-electron chi connectivity index (χ2n) is 12.1. The highest BCUT2D eigenvalue weighted by Crippen LogP contribution is 2.35. The molecule has 0 saturated heterocycles. The Bertz CT molecular complexity index is 1890. The molecule has 3 aromatic rings. The smallest absolute Gasteiger partial charge is 0.307 e. The summed E-state index contributed by atoms with van der Waals surface area (Å²) in [5.41, 5.74) is 4.88. The Balaban J connectivity index is 0.000000266. The zero-order chi connectivity index (χ0) is 34.0. The highest BCUT2D eigenvalue weighted by molar-refractivity contribution is 7.90. The van der Waals surface area contributed by atoms with Crippen molar-refractivity contribution in [2.24, 2.45) is 5.14 Å². The van der Waals surface area contributed by atoms with Gasteiger partial charge in [-0.3, -0.25) is 9.59 Å². The van der Waals surface area contributed by atoms with Gasteiger partial charge in [-0.15, -0.1) is 0 Å². The third-order valence-corrected chi connectivity index (χ3v) is 10.4. The number of anilines is 1. The third kappa shape index (κ3) is 8.22. The van der Waals surface area contributed by atoms with E-state index in [4.69, 9.17) is 16.7 Å². The molecule has 13 heteroatoms. The molecule has 10 nitrogen and oxygen atoms in total. The van der Waals surface area contributed by atoms with Crippen molar-refractivity contribution in [2.45, 2.75) is 87.8 Å². The van der Waals surface area contributed by atoms with Crippen molar-refractivity contribution >= 4 is 54.9 Å². The van der Waals surface area contributed by atoms with Crippen LogP contribution in [-0.2, 0) is 32.9 Å². The molecular formula is C33H38ClN3O7S2. The van der Waals surface area contributed by atoms with Crippen LogP contribution in [0.1, 0.15) is 108 Å². The van der Waals surface area contributed by atoms with E-state index in [-0.39, 0.29) is 33.2 Å². The molecule has 4 N–H and O–H groups in total. The summed E-state index contributed by atoms with van der Waals surface area (Å²) in [6.07, 6.45) is 4.04. The second-order valence-corrected chi connectivity index (χ2v) is 15.7. The summed E-state index contributed by atoms with van der Waals surface area (Å²) in [4.78, 5) is 36.3. The number of urea groups is 1. The van der Waals surface area contributed by atoms with E-state index >= 15 is 0 Å². The van der Waals surface area contributed by atoms with E-state index in [9.17, 15) is 31.2 Å². The summed E-state index contributed by atoms with van der Waals surface area (Å²) in [6.45, 7) is 7.89. The maximum absolute atomic E-state index is 12.8. The van der Waals surface area contributed by atoms with Gasteiger partial charge >= 0.3 is 6.03 Å². The van der Waals surface area contributed by atoms with Crippen LogP contribution in [0.3, 0.4) is 0 Å². The van der Waals surface area contributed by atoms with E-state index in [0.29, 0.717) is 34.7 Å². The van der Waals surface area contributed by atoms with E-state index in [1.807, 2.05) is 27.7 Å². The molecule has 0 bridgehead atoms. The Morgan fingerprint density at radius 1 is 0.739 bits per heavy atom. The number of rotatable bonds is 6. The second kappa shape index (κ2) is 14.0. The first kappa shape index (κ1) is 35.3. The first-order valence-electron chi connectivity index (χ1n) is 15.0. The number of hydrogen-bond donors (Lipinski definition) is 3. The predicted octanol–water partition coefficient (Wildman–Crippen LogP) is 6.47. The number of aryl methyl sites for hydroxylation is 2. The maximum Gasteiger partial charge on any atom is 0.333 e. The summed E-state index contributed by atoms with van der Waals surface area (Å²) < 4.78 is 49.9. The molecule has 0 aliphatic heterocycles. The van der Waals surface area contributed by atoms with Crippen LogP contribution < -0.4 is 15.2 Å². The predicted molar refractivity (Wildman–Crippen MR) is 178 cm³/mol. The molecular weight excluding hydrogens is 650 g/mol. The van der Waals surface area contributed by atoms with Gasteiger partial charge in [0, 0.05) is 34.7 Å². The van der Waals surface area contributed by atoms with Gasteiger partial charge in [-0.05, 0) is 96.2 Å². The lowest BCUT2D eigenvalue weighted by Crippen LogP contribution is -2.35. The number of amides is 2. The minimum atomic E-state index is -4.15. The lowest BCUT2D eigenvalue weighted by molar-refractivity contribution is 0.0964. The molecule has 2 aliphatic rings. The molecule has 0 fully saturated rings. The largest absolute Gasteiger partial charge is 0.333 e. The van der Waals surface area contributed by atoms with E-state index in [0.717, 1.165) is 47.9 Å². The van der Waals surface area contributed by atoms with Gasteiger partial charge in [-0.1, -0.05) is 51.4 Å². The third-order valence-electron chi connectivity index (χ3n) is 7.98. The molecule has 0 unspecified atom stereocenters. The van der Waals surface area contributed by atoms with Crippen molar-refractivity contribution in [1.82, 2.24) is 4.72 Å². The molecule has 0 spiro atoms. The highest BCUT2D eigenvalue weighted by Gasteiger charge is 2.25.